The molecule has 1 saturated carbocycles. The van der Waals surface area contributed by atoms with Crippen LogP contribution in [0.1, 0.15) is 57.8 Å². The van der Waals surface area contributed by atoms with Crippen LogP contribution >= 0.6 is 0 Å². The summed E-state index contributed by atoms with van der Waals surface area (Å²) in [5.41, 5.74) is 0. The minimum atomic E-state index is 0.0623. The van der Waals surface area contributed by atoms with E-state index in [9.17, 15) is 9.59 Å². The number of amides is 3. The molecule has 1 aliphatic heterocycles. The second-order valence-corrected chi connectivity index (χ2v) is 9.04. The lowest BCUT2D eigenvalue weighted by atomic mass is 9.95. The minimum absolute atomic E-state index is 0.0623. The summed E-state index contributed by atoms with van der Waals surface area (Å²) < 4.78 is 5.93. The quantitative estimate of drug-likeness (QED) is 0.621. The first kappa shape index (κ1) is 22.4. The number of likely N-dealkylation sites (tertiary alicyclic amines) is 1. The molecule has 0 bridgehead atoms. The number of benzene rings is 2. The van der Waals surface area contributed by atoms with Crippen molar-refractivity contribution < 1.29 is 14.3 Å². The standard InChI is InChI=1S/C26H35N3O3/c30-25(14-7-19-32-24-13-6-9-20-8-4-5-12-23(20)24)27-22-15-17-29(18-16-22)26(31)28-21-10-2-1-3-11-21/h4-6,8-9,12-13,21-22H,1-3,7,10-11,14-19H2,(H,27,30)(H,28,31). The highest BCUT2D eigenvalue weighted by Gasteiger charge is 2.25. The fourth-order valence-electron chi connectivity index (χ4n) is 4.78. The van der Waals surface area contributed by atoms with Crippen LogP contribution in [0.3, 0.4) is 0 Å². The summed E-state index contributed by atoms with van der Waals surface area (Å²) in [5.74, 6) is 0.930. The number of nitrogens with zero attached hydrogens (tertiary/aromatic N) is 1. The first-order valence-electron chi connectivity index (χ1n) is 12.1. The topological polar surface area (TPSA) is 70.7 Å². The molecule has 2 aliphatic rings. The molecule has 0 atom stereocenters. The van der Waals surface area contributed by atoms with E-state index >= 15 is 0 Å². The van der Waals surface area contributed by atoms with Gasteiger partial charge in [-0.15, -0.1) is 0 Å². The normalized spacial score (nSPS) is 17.8. The maximum Gasteiger partial charge on any atom is 0.317 e. The van der Waals surface area contributed by atoms with E-state index in [4.69, 9.17) is 4.74 Å². The lowest BCUT2D eigenvalue weighted by Crippen LogP contribution is -2.51. The molecule has 0 radical (unpaired) electrons. The number of carbonyl (C=O) groups excluding carboxylic acids is 2. The van der Waals surface area contributed by atoms with Gasteiger partial charge in [-0.05, 0) is 43.6 Å². The maximum atomic E-state index is 12.5. The molecule has 6 heteroatoms. The predicted molar refractivity (Wildman–Crippen MR) is 127 cm³/mol. The van der Waals surface area contributed by atoms with Crippen molar-refractivity contribution in [2.24, 2.45) is 0 Å². The molecule has 2 aromatic carbocycles. The van der Waals surface area contributed by atoms with E-state index in [2.05, 4.69) is 28.8 Å². The van der Waals surface area contributed by atoms with E-state index in [1.54, 1.807) is 0 Å². The molecule has 2 aromatic rings. The van der Waals surface area contributed by atoms with Crippen molar-refractivity contribution in [2.75, 3.05) is 19.7 Å². The summed E-state index contributed by atoms with van der Waals surface area (Å²) in [5, 5.41) is 8.57. The Hall–Kier alpha value is -2.76. The fraction of sp³-hybridized carbons (Fsp3) is 0.538. The third-order valence-electron chi connectivity index (χ3n) is 6.64. The Bertz CT molecular complexity index is 897. The summed E-state index contributed by atoms with van der Waals surface area (Å²) in [7, 11) is 0. The summed E-state index contributed by atoms with van der Waals surface area (Å²) in [6, 6.07) is 14.7. The van der Waals surface area contributed by atoms with Gasteiger partial charge in [0.25, 0.3) is 0 Å². The predicted octanol–water partition coefficient (Wildman–Crippen LogP) is 4.62. The Balaban J connectivity index is 1.12. The largest absolute Gasteiger partial charge is 0.493 e. The van der Waals surface area contributed by atoms with Crippen LogP contribution < -0.4 is 15.4 Å². The molecule has 2 N–H and O–H groups in total. The Morgan fingerprint density at radius 1 is 0.875 bits per heavy atom. The highest BCUT2D eigenvalue weighted by molar-refractivity contribution is 5.88. The van der Waals surface area contributed by atoms with Crippen LogP contribution in [0.15, 0.2) is 42.5 Å². The molecule has 1 heterocycles. The number of hydrogen-bond acceptors (Lipinski definition) is 3. The van der Waals surface area contributed by atoms with E-state index in [1.165, 1.54) is 19.3 Å². The number of piperidine rings is 1. The molecule has 6 nitrogen and oxygen atoms in total. The van der Waals surface area contributed by atoms with Gasteiger partial charge in [-0.3, -0.25) is 4.79 Å². The second kappa shape index (κ2) is 11.2. The van der Waals surface area contributed by atoms with Crippen molar-refractivity contribution in [3.8, 4) is 5.75 Å². The van der Waals surface area contributed by atoms with Gasteiger partial charge in [-0.1, -0.05) is 55.7 Å². The lowest BCUT2D eigenvalue weighted by molar-refractivity contribution is -0.122. The van der Waals surface area contributed by atoms with Gasteiger partial charge in [0.2, 0.25) is 5.91 Å². The molecule has 32 heavy (non-hydrogen) atoms. The molecule has 2 fully saturated rings. The number of urea groups is 1. The Morgan fingerprint density at radius 2 is 1.59 bits per heavy atom. The first-order chi connectivity index (χ1) is 15.7. The number of rotatable bonds is 7. The van der Waals surface area contributed by atoms with Crippen LogP contribution in [0.5, 0.6) is 5.75 Å². The minimum Gasteiger partial charge on any atom is -0.493 e. The van der Waals surface area contributed by atoms with Crippen LogP contribution in [0.4, 0.5) is 4.79 Å². The van der Waals surface area contributed by atoms with Gasteiger partial charge in [-0.25, -0.2) is 4.79 Å². The van der Waals surface area contributed by atoms with Gasteiger partial charge in [0.15, 0.2) is 0 Å². The zero-order chi connectivity index (χ0) is 22.2. The molecular weight excluding hydrogens is 402 g/mol. The van der Waals surface area contributed by atoms with Gasteiger partial charge in [0.1, 0.15) is 5.75 Å². The first-order valence-corrected chi connectivity index (χ1v) is 12.1. The zero-order valence-corrected chi connectivity index (χ0v) is 18.9. The number of ether oxygens (including phenoxy) is 1. The van der Waals surface area contributed by atoms with Crippen LogP contribution in [-0.2, 0) is 4.79 Å². The van der Waals surface area contributed by atoms with E-state index in [0.717, 1.165) is 42.2 Å². The van der Waals surface area contributed by atoms with Crippen molar-refractivity contribution in [3.63, 3.8) is 0 Å². The number of fused-ring (bicyclic) bond motifs is 1. The molecule has 3 amide bonds. The SMILES string of the molecule is O=C(CCCOc1cccc2ccccc12)NC1CCN(C(=O)NC2CCCCC2)CC1. The van der Waals surface area contributed by atoms with Crippen molar-refractivity contribution >= 4 is 22.7 Å². The Labute approximate surface area is 190 Å². The molecule has 0 unspecified atom stereocenters. The molecule has 1 saturated heterocycles. The van der Waals surface area contributed by atoms with Crippen molar-refractivity contribution in [1.82, 2.24) is 15.5 Å². The van der Waals surface area contributed by atoms with Crippen LogP contribution in [0.25, 0.3) is 10.8 Å². The summed E-state index contributed by atoms with van der Waals surface area (Å²) >= 11 is 0. The van der Waals surface area contributed by atoms with Crippen molar-refractivity contribution in [3.05, 3.63) is 42.5 Å². The van der Waals surface area contributed by atoms with Gasteiger partial charge < -0.3 is 20.3 Å². The summed E-state index contributed by atoms with van der Waals surface area (Å²) in [6.07, 6.45) is 8.67. The highest BCUT2D eigenvalue weighted by Crippen LogP contribution is 2.25. The molecule has 0 spiro atoms. The van der Waals surface area contributed by atoms with E-state index in [1.807, 2.05) is 29.2 Å². The highest BCUT2D eigenvalue weighted by atomic mass is 16.5. The fourth-order valence-corrected chi connectivity index (χ4v) is 4.78. The molecule has 1 aliphatic carbocycles. The lowest BCUT2D eigenvalue weighted by Gasteiger charge is -2.34. The number of carbonyl (C=O) groups is 2. The van der Waals surface area contributed by atoms with Gasteiger partial charge in [-0.2, -0.15) is 0 Å². The van der Waals surface area contributed by atoms with Gasteiger partial charge in [0, 0.05) is 37.0 Å². The van der Waals surface area contributed by atoms with E-state index in [-0.39, 0.29) is 18.0 Å². The molecule has 4 rings (SSSR count). The summed E-state index contributed by atoms with van der Waals surface area (Å²) in [6.45, 7) is 1.92. The van der Waals surface area contributed by atoms with E-state index in [0.29, 0.717) is 38.6 Å². The average Bonchev–Trinajstić information content (AvgIpc) is 2.83. The smallest absolute Gasteiger partial charge is 0.317 e. The summed E-state index contributed by atoms with van der Waals surface area (Å²) in [4.78, 5) is 26.7. The van der Waals surface area contributed by atoms with Crippen LogP contribution in [0, 0.1) is 0 Å². The number of hydrogen-bond donors (Lipinski definition) is 2. The Kier molecular flexibility index (Phi) is 7.86. The number of nitrogens with one attached hydrogen (secondary N) is 2. The zero-order valence-electron chi connectivity index (χ0n) is 18.9. The molecule has 0 aromatic heterocycles. The Morgan fingerprint density at radius 3 is 2.41 bits per heavy atom. The van der Waals surface area contributed by atoms with Crippen molar-refractivity contribution in [2.45, 2.75) is 69.9 Å². The monoisotopic (exact) mass is 437 g/mol. The molecular formula is C26H35N3O3. The van der Waals surface area contributed by atoms with Crippen molar-refractivity contribution in [1.29, 1.82) is 0 Å². The van der Waals surface area contributed by atoms with Gasteiger partial charge >= 0.3 is 6.03 Å². The third-order valence-corrected chi connectivity index (χ3v) is 6.64. The second-order valence-electron chi connectivity index (χ2n) is 9.04. The van der Waals surface area contributed by atoms with E-state index < -0.39 is 0 Å². The maximum absolute atomic E-state index is 12.5. The van der Waals surface area contributed by atoms with Gasteiger partial charge in [0.05, 0.1) is 6.61 Å². The molecule has 172 valence electrons. The average molecular weight is 438 g/mol. The van der Waals surface area contributed by atoms with Crippen LogP contribution in [0.2, 0.25) is 0 Å². The third kappa shape index (κ3) is 6.15. The van der Waals surface area contributed by atoms with Crippen LogP contribution in [-0.4, -0.2) is 48.6 Å².